The third-order valence-electron chi connectivity index (χ3n) is 7.52. The van der Waals surface area contributed by atoms with Crippen LogP contribution in [0.2, 0.25) is 0 Å². The van der Waals surface area contributed by atoms with Gasteiger partial charge in [0, 0.05) is 19.5 Å². The van der Waals surface area contributed by atoms with Crippen LogP contribution in [-0.4, -0.2) is 86.3 Å². The number of aliphatic hydroxyl groups excluding tert-OH is 1. The van der Waals surface area contributed by atoms with Crippen molar-refractivity contribution < 1.29 is 37.4 Å². The van der Waals surface area contributed by atoms with Crippen molar-refractivity contribution in [2.45, 2.75) is 90.5 Å². The van der Waals surface area contributed by atoms with Crippen LogP contribution >= 0.6 is 0 Å². The first-order chi connectivity index (χ1) is 22.0. The number of hydrogen-bond acceptors (Lipinski definition) is 8. The van der Waals surface area contributed by atoms with Crippen molar-refractivity contribution in [3.05, 3.63) is 59.7 Å². The minimum atomic E-state index is -4.02. The summed E-state index contributed by atoms with van der Waals surface area (Å²) in [4.78, 5) is 38.6. The van der Waals surface area contributed by atoms with Crippen LogP contribution in [0.1, 0.15) is 59.6 Å². The zero-order chi connectivity index (χ0) is 34.9. The molecule has 3 unspecified atom stereocenters. The van der Waals surface area contributed by atoms with Gasteiger partial charge >= 0.3 is 6.09 Å². The van der Waals surface area contributed by atoms with Gasteiger partial charge in [0.2, 0.25) is 21.8 Å². The zero-order valence-corrected chi connectivity index (χ0v) is 29.2. The highest BCUT2D eigenvalue weighted by atomic mass is 32.2. The Morgan fingerprint density at radius 2 is 1.68 bits per heavy atom. The van der Waals surface area contributed by atoms with Crippen LogP contribution in [0.15, 0.2) is 53.4 Å². The minimum absolute atomic E-state index is 0.0520. The highest BCUT2D eigenvalue weighted by Crippen LogP contribution is 2.29. The number of carbonyl (C=O) groups excluding carboxylic acids is 3. The molecule has 260 valence electrons. The summed E-state index contributed by atoms with van der Waals surface area (Å²) in [5.74, 6) is -0.553. The molecule has 1 heterocycles. The van der Waals surface area contributed by atoms with Gasteiger partial charge in [-0.3, -0.25) is 9.59 Å². The molecular formula is C34H50N4O8S. The van der Waals surface area contributed by atoms with Gasteiger partial charge in [0.25, 0.3) is 0 Å². The highest BCUT2D eigenvalue weighted by Gasteiger charge is 2.37. The fourth-order valence-electron chi connectivity index (χ4n) is 5.20. The largest absolute Gasteiger partial charge is 0.493 e. The first-order valence-corrected chi connectivity index (χ1v) is 17.4. The fraction of sp³-hybridized carbons (Fsp3) is 0.559. The van der Waals surface area contributed by atoms with Crippen LogP contribution in [0.4, 0.5) is 4.79 Å². The van der Waals surface area contributed by atoms with Crippen LogP contribution in [0.5, 0.6) is 5.75 Å². The van der Waals surface area contributed by atoms with Gasteiger partial charge in [-0.25, -0.2) is 13.2 Å². The first kappa shape index (κ1) is 37.8. The number of alkyl carbamates (subject to hydrolysis) is 1. The van der Waals surface area contributed by atoms with Gasteiger partial charge in [-0.15, -0.1) is 0 Å². The molecule has 3 atom stereocenters. The van der Waals surface area contributed by atoms with Gasteiger partial charge < -0.3 is 30.5 Å². The van der Waals surface area contributed by atoms with Gasteiger partial charge in [0.05, 0.1) is 29.8 Å². The number of amides is 3. The van der Waals surface area contributed by atoms with Gasteiger partial charge in [-0.2, -0.15) is 4.31 Å². The van der Waals surface area contributed by atoms with E-state index in [2.05, 4.69) is 16.0 Å². The molecule has 3 rings (SSSR count). The Balaban J connectivity index is 1.85. The summed E-state index contributed by atoms with van der Waals surface area (Å²) in [6.45, 7) is 12.4. The van der Waals surface area contributed by atoms with Crippen molar-refractivity contribution in [3.8, 4) is 5.75 Å². The maximum atomic E-state index is 13.9. The Bertz CT molecular complexity index is 1470. The molecule has 0 saturated carbocycles. The molecule has 0 saturated heterocycles. The molecule has 4 N–H and O–H groups in total. The minimum Gasteiger partial charge on any atom is -0.493 e. The monoisotopic (exact) mass is 674 g/mol. The average molecular weight is 675 g/mol. The zero-order valence-electron chi connectivity index (χ0n) is 28.4. The average Bonchev–Trinajstić information content (AvgIpc) is 3.45. The third kappa shape index (κ3) is 11.2. The van der Waals surface area contributed by atoms with Gasteiger partial charge in [-0.1, -0.05) is 65.0 Å². The molecule has 13 heteroatoms. The molecule has 0 aliphatic carbocycles. The van der Waals surface area contributed by atoms with E-state index in [1.807, 2.05) is 44.2 Å². The molecule has 1 aliphatic rings. The standard InChI is InChI=1S/C34H50N4O8S/c1-22(2)20-38(47(43,44)26-13-14-29-25(18-26)15-16-45-29)21-28(39)27(17-24-11-9-8-10-12-24)36-32(41)31(34(5,6)7)37-30(40)19-35-33(42)46-23(3)4/h8-14,18,22-23,27-28,31,39H,15-17,19-21H2,1-7H3,(H,35,42)(H,36,41)(H,37,40). The molecular weight excluding hydrogens is 624 g/mol. The number of sulfonamides is 1. The van der Waals surface area contributed by atoms with Crippen LogP contribution in [0, 0.1) is 11.3 Å². The predicted molar refractivity (Wildman–Crippen MR) is 178 cm³/mol. The Labute approximate surface area is 278 Å². The maximum Gasteiger partial charge on any atom is 0.407 e. The molecule has 47 heavy (non-hydrogen) atoms. The second-order valence-electron chi connectivity index (χ2n) is 13.6. The molecule has 2 aromatic rings. The number of aliphatic hydroxyl groups is 1. The van der Waals surface area contributed by atoms with Crippen LogP contribution in [0.25, 0.3) is 0 Å². The van der Waals surface area contributed by atoms with Crippen molar-refractivity contribution in [2.75, 3.05) is 26.2 Å². The third-order valence-corrected chi connectivity index (χ3v) is 9.35. The number of rotatable bonds is 15. The van der Waals surface area contributed by atoms with Crippen LogP contribution in [0.3, 0.4) is 0 Å². The highest BCUT2D eigenvalue weighted by molar-refractivity contribution is 7.89. The van der Waals surface area contributed by atoms with Crippen LogP contribution < -0.4 is 20.7 Å². The fourth-order valence-corrected chi connectivity index (χ4v) is 6.87. The second kappa shape index (κ2) is 16.4. The smallest absolute Gasteiger partial charge is 0.407 e. The molecule has 0 spiro atoms. The summed E-state index contributed by atoms with van der Waals surface area (Å²) in [6.07, 6.45) is -1.62. The lowest BCUT2D eigenvalue weighted by Crippen LogP contribution is -2.59. The van der Waals surface area contributed by atoms with Crippen molar-refractivity contribution in [2.24, 2.45) is 11.3 Å². The Hall–Kier alpha value is -3.68. The van der Waals surface area contributed by atoms with Crippen molar-refractivity contribution in [3.63, 3.8) is 0 Å². The summed E-state index contributed by atoms with van der Waals surface area (Å²) < 4.78 is 39.7. The number of nitrogens with one attached hydrogen (secondary N) is 3. The molecule has 0 aromatic heterocycles. The summed E-state index contributed by atoms with van der Waals surface area (Å²) >= 11 is 0. The lowest BCUT2D eigenvalue weighted by atomic mass is 9.85. The summed E-state index contributed by atoms with van der Waals surface area (Å²) in [7, 11) is -4.02. The van der Waals surface area contributed by atoms with Gasteiger partial charge in [0.1, 0.15) is 18.3 Å². The number of ether oxygens (including phenoxy) is 2. The number of fused-ring (bicyclic) bond motifs is 1. The SMILES string of the molecule is CC(C)CN(CC(O)C(Cc1ccccc1)NC(=O)C(NC(=O)CNC(=O)OC(C)C)C(C)(C)C)S(=O)(=O)c1ccc2c(c1)CCO2. The van der Waals surface area contributed by atoms with Crippen molar-refractivity contribution in [1.82, 2.24) is 20.3 Å². The van der Waals surface area contributed by atoms with Crippen molar-refractivity contribution >= 4 is 27.9 Å². The van der Waals surface area contributed by atoms with E-state index in [0.29, 0.717) is 18.8 Å². The number of benzene rings is 2. The van der Waals surface area contributed by atoms with E-state index >= 15 is 0 Å². The first-order valence-electron chi connectivity index (χ1n) is 16.0. The number of hydrogen-bond donors (Lipinski definition) is 4. The lowest BCUT2D eigenvalue weighted by Gasteiger charge is -2.34. The molecule has 0 radical (unpaired) electrons. The topological polar surface area (TPSA) is 163 Å². The molecule has 1 aliphatic heterocycles. The normalized spacial score (nSPS) is 15.0. The molecule has 3 amide bonds. The van der Waals surface area contributed by atoms with Gasteiger partial charge in [-0.05, 0) is 60.9 Å². The van der Waals surface area contributed by atoms with E-state index in [1.54, 1.807) is 46.8 Å². The molecule has 0 bridgehead atoms. The molecule has 0 fully saturated rings. The van der Waals surface area contributed by atoms with E-state index in [9.17, 15) is 27.9 Å². The summed E-state index contributed by atoms with van der Waals surface area (Å²) in [6, 6.07) is 12.1. The van der Waals surface area contributed by atoms with Crippen molar-refractivity contribution in [1.29, 1.82) is 0 Å². The van der Waals surface area contributed by atoms with E-state index in [1.165, 1.54) is 10.4 Å². The summed E-state index contributed by atoms with van der Waals surface area (Å²) in [5.41, 5.74) is 0.871. The Morgan fingerprint density at radius 3 is 2.30 bits per heavy atom. The number of carbonyl (C=O) groups is 3. The van der Waals surface area contributed by atoms with E-state index in [-0.39, 0.29) is 36.4 Å². The van der Waals surface area contributed by atoms with E-state index in [4.69, 9.17) is 9.47 Å². The maximum absolute atomic E-state index is 13.9. The van der Waals surface area contributed by atoms with Crippen LogP contribution in [-0.2, 0) is 37.2 Å². The lowest BCUT2D eigenvalue weighted by molar-refractivity contribution is -0.132. The molecule has 2 aromatic carbocycles. The molecule has 12 nitrogen and oxygen atoms in total. The predicted octanol–water partition coefficient (Wildman–Crippen LogP) is 3.02. The summed E-state index contributed by atoms with van der Waals surface area (Å²) in [5, 5.41) is 19.6. The van der Waals surface area contributed by atoms with E-state index < -0.39 is 58.1 Å². The quantitative estimate of drug-likeness (QED) is 0.224. The number of nitrogens with zero attached hydrogens (tertiary/aromatic N) is 1. The van der Waals surface area contributed by atoms with E-state index in [0.717, 1.165) is 11.1 Å². The Morgan fingerprint density at radius 1 is 1.00 bits per heavy atom. The van der Waals surface area contributed by atoms with Gasteiger partial charge in [0.15, 0.2) is 0 Å². The Kier molecular flexibility index (Phi) is 13.2. The second-order valence-corrected chi connectivity index (χ2v) is 15.6.